The first-order valence-corrected chi connectivity index (χ1v) is 15.1. The number of methoxy groups -OCH3 is 1. The molecule has 9 heteroatoms. The standard InChI is InChI=1S/C32H29N5O2S2/c1-20-7-6-10-27(21(20)2)33-31-34-35-32(41-31)40-19-30(38)37-29(23-13-15-26(39-3)16-14-23)18-28(36-37)25-12-11-22-8-4-5-9-24(22)17-25/h4-17,29H,18-19H2,1-3H3,(H,33,34). The van der Waals surface area contributed by atoms with Crippen LogP contribution < -0.4 is 10.1 Å². The molecule has 4 aromatic carbocycles. The molecule has 0 aliphatic carbocycles. The van der Waals surface area contributed by atoms with Gasteiger partial charge in [-0.2, -0.15) is 5.10 Å². The second-order valence-corrected chi connectivity index (χ2v) is 12.1. The Hall–Kier alpha value is -4.21. The highest BCUT2D eigenvalue weighted by atomic mass is 32.2. The van der Waals surface area contributed by atoms with Gasteiger partial charge in [0.1, 0.15) is 5.75 Å². The molecule has 6 rings (SSSR count). The van der Waals surface area contributed by atoms with Crippen molar-refractivity contribution in [3.8, 4) is 5.75 Å². The van der Waals surface area contributed by atoms with Gasteiger partial charge in [0.05, 0.1) is 24.6 Å². The van der Waals surface area contributed by atoms with E-state index in [-0.39, 0.29) is 17.7 Å². The summed E-state index contributed by atoms with van der Waals surface area (Å²) in [5.41, 5.74) is 6.32. The third-order valence-electron chi connectivity index (χ3n) is 7.32. The number of aryl methyl sites for hydroxylation is 1. The van der Waals surface area contributed by atoms with Gasteiger partial charge in [0, 0.05) is 12.1 Å². The number of benzene rings is 4. The highest BCUT2D eigenvalue weighted by Gasteiger charge is 2.33. The molecular formula is C32H29N5O2S2. The number of carbonyl (C=O) groups is 1. The Morgan fingerprint density at radius 1 is 1.00 bits per heavy atom. The van der Waals surface area contributed by atoms with Crippen LogP contribution in [0.4, 0.5) is 10.8 Å². The topological polar surface area (TPSA) is 79.7 Å². The second-order valence-electron chi connectivity index (χ2n) is 9.87. The number of ether oxygens (including phenoxy) is 1. The fraction of sp³-hybridized carbons (Fsp3) is 0.188. The van der Waals surface area contributed by atoms with E-state index in [0.717, 1.165) is 38.0 Å². The second kappa shape index (κ2) is 11.7. The molecule has 1 N–H and O–H groups in total. The number of amides is 1. The Morgan fingerprint density at radius 2 is 1.80 bits per heavy atom. The molecule has 0 saturated heterocycles. The van der Waals surface area contributed by atoms with Crippen molar-refractivity contribution in [2.24, 2.45) is 5.10 Å². The molecule has 1 aliphatic rings. The molecule has 0 spiro atoms. The molecule has 0 radical (unpaired) electrons. The number of hydrogen-bond donors (Lipinski definition) is 1. The number of anilines is 2. The molecule has 0 bridgehead atoms. The van der Waals surface area contributed by atoms with Crippen LogP contribution in [0, 0.1) is 13.8 Å². The minimum absolute atomic E-state index is 0.0779. The van der Waals surface area contributed by atoms with Gasteiger partial charge >= 0.3 is 0 Å². The summed E-state index contributed by atoms with van der Waals surface area (Å²) >= 11 is 2.82. The predicted octanol–water partition coefficient (Wildman–Crippen LogP) is 7.53. The summed E-state index contributed by atoms with van der Waals surface area (Å²) in [6, 6.07) is 28.4. The molecule has 7 nitrogen and oxygen atoms in total. The van der Waals surface area contributed by atoms with Gasteiger partial charge < -0.3 is 10.1 Å². The minimum atomic E-state index is -0.202. The van der Waals surface area contributed by atoms with E-state index in [1.807, 2.05) is 48.5 Å². The van der Waals surface area contributed by atoms with Crippen LogP contribution in [0.5, 0.6) is 5.75 Å². The van der Waals surface area contributed by atoms with Crippen LogP contribution in [-0.2, 0) is 4.79 Å². The molecule has 1 aliphatic heterocycles. The third-order valence-corrected chi connectivity index (χ3v) is 9.28. The van der Waals surface area contributed by atoms with E-state index in [1.54, 1.807) is 12.1 Å². The SMILES string of the molecule is COc1ccc(C2CC(c3ccc4ccccc4c3)=NN2C(=O)CSc2nnc(Nc3cccc(C)c3C)s2)cc1. The van der Waals surface area contributed by atoms with Crippen molar-refractivity contribution in [1.29, 1.82) is 0 Å². The molecule has 1 amide bonds. The van der Waals surface area contributed by atoms with Crippen LogP contribution in [0.1, 0.15) is 34.7 Å². The Morgan fingerprint density at radius 3 is 2.61 bits per heavy atom. The number of thioether (sulfide) groups is 1. The summed E-state index contributed by atoms with van der Waals surface area (Å²) in [4.78, 5) is 13.6. The number of aromatic nitrogens is 2. The van der Waals surface area contributed by atoms with E-state index in [1.165, 1.54) is 39.6 Å². The van der Waals surface area contributed by atoms with Gasteiger partial charge in [-0.05, 0) is 71.1 Å². The lowest BCUT2D eigenvalue weighted by Crippen LogP contribution is -2.28. The maximum absolute atomic E-state index is 13.6. The van der Waals surface area contributed by atoms with Crippen LogP contribution >= 0.6 is 23.1 Å². The summed E-state index contributed by atoms with van der Waals surface area (Å²) in [5.74, 6) is 0.905. The van der Waals surface area contributed by atoms with E-state index in [4.69, 9.17) is 9.84 Å². The number of hydrogen-bond acceptors (Lipinski definition) is 8. The summed E-state index contributed by atoms with van der Waals surface area (Å²) < 4.78 is 6.07. The Bertz CT molecular complexity index is 1750. The van der Waals surface area contributed by atoms with E-state index < -0.39 is 0 Å². The van der Waals surface area contributed by atoms with E-state index in [9.17, 15) is 4.79 Å². The van der Waals surface area contributed by atoms with Gasteiger partial charge in [0.25, 0.3) is 5.91 Å². The number of nitrogens with zero attached hydrogens (tertiary/aromatic N) is 4. The Labute approximate surface area is 247 Å². The van der Waals surface area contributed by atoms with Gasteiger partial charge in [0.2, 0.25) is 5.13 Å². The van der Waals surface area contributed by atoms with Crippen molar-refractivity contribution in [1.82, 2.24) is 15.2 Å². The molecule has 5 aromatic rings. The van der Waals surface area contributed by atoms with E-state index in [0.29, 0.717) is 11.6 Å². The molecule has 2 heterocycles. The van der Waals surface area contributed by atoms with Crippen LogP contribution in [0.3, 0.4) is 0 Å². The number of fused-ring (bicyclic) bond motifs is 1. The molecule has 0 fully saturated rings. The first-order chi connectivity index (χ1) is 20.0. The summed E-state index contributed by atoms with van der Waals surface area (Å²) in [7, 11) is 1.65. The summed E-state index contributed by atoms with van der Waals surface area (Å²) in [6.07, 6.45) is 0.629. The lowest BCUT2D eigenvalue weighted by Gasteiger charge is -2.22. The van der Waals surface area contributed by atoms with Gasteiger partial charge in [-0.25, -0.2) is 5.01 Å². The van der Waals surface area contributed by atoms with Crippen molar-refractivity contribution in [3.63, 3.8) is 0 Å². The first kappa shape index (κ1) is 27.0. The summed E-state index contributed by atoms with van der Waals surface area (Å²) in [6.45, 7) is 4.16. The summed E-state index contributed by atoms with van der Waals surface area (Å²) in [5, 5.41) is 21.5. The molecule has 1 aromatic heterocycles. The smallest absolute Gasteiger partial charge is 0.253 e. The van der Waals surface area contributed by atoms with Crippen molar-refractivity contribution in [2.75, 3.05) is 18.2 Å². The quantitative estimate of drug-likeness (QED) is 0.192. The van der Waals surface area contributed by atoms with Crippen LogP contribution in [0.2, 0.25) is 0 Å². The molecule has 41 heavy (non-hydrogen) atoms. The monoisotopic (exact) mass is 579 g/mol. The predicted molar refractivity (Wildman–Crippen MR) is 168 cm³/mol. The highest BCUT2D eigenvalue weighted by Crippen LogP contribution is 2.36. The van der Waals surface area contributed by atoms with Crippen LogP contribution in [0.15, 0.2) is 94.4 Å². The fourth-order valence-electron chi connectivity index (χ4n) is 4.88. The zero-order chi connectivity index (χ0) is 28.3. The van der Waals surface area contributed by atoms with Crippen LogP contribution in [-0.4, -0.2) is 39.7 Å². The zero-order valence-electron chi connectivity index (χ0n) is 23.0. The largest absolute Gasteiger partial charge is 0.497 e. The van der Waals surface area contributed by atoms with E-state index in [2.05, 4.69) is 65.8 Å². The molecule has 0 saturated carbocycles. The molecule has 206 valence electrons. The number of rotatable bonds is 8. The van der Waals surface area contributed by atoms with Gasteiger partial charge in [-0.15, -0.1) is 10.2 Å². The average molecular weight is 580 g/mol. The number of hydrazone groups is 1. The van der Waals surface area contributed by atoms with Crippen molar-refractivity contribution in [2.45, 2.75) is 30.6 Å². The van der Waals surface area contributed by atoms with Crippen LogP contribution in [0.25, 0.3) is 10.8 Å². The molecule has 1 atom stereocenters. The lowest BCUT2D eigenvalue weighted by atomic mass is 9.97. The zero-order valence-corrected chi connectivity index (χ0v) is 24.6. The molecule has 1 unspecified atom stereocenters. The lowest BCUT2D eigenvalue weighted by molar-refractivity contribution is -0.130. The Balaban J connectivity index is 1.21. The highest BCUT2D eigenvalue weighted by molar-refractivity contribution is 8.01. The average Bonchev–Trinajstić information content (AvgIpc) is 3.66. The normalized spacial score (nSPS) is 14.8. The van der Waals surface area contributed by atoms with Crippen molar-refractivity contribution in [3.05, 3.63) is 107 Å². The number of nitrogens with one attached hydrogen (secondary N) is 1. The number of carbonyl (C=O) groups excluding carboxylic acids is 1. The van der Waals surface area contributed by atoms with E-state index >= 15 is 0 Å². The van der Waals surface area contributed by atoms with Crippen molar-refractivity contribution < 1.29 is 9.53 Å². The van der Waals surface area contributed by atoms with Crippen molar-refractivity contribution >= 4 is 56.3 Å². The van der Waals surface area contributed by atoms with Gasteiger partial charge in [-0.3, -0.25) is 4.79 Å². The maximum atomic E-state index is 13.6. The Kier molecular flexibility index (Phi) is 7.71. The first-order valence-electron chi connectivity index (χ1n) is 13.3. The maximum Gasteiger partial charge on any atom is 0.253 e. The van der Waals surface area contributed by atoms with Gasteiger partial charge in [0.15, 0.2) is 4.34 Å². The molecular weight excluding hydrogens is 551 g/mol. The van der Waals surface area contributed by atoms with Gasteiger partial charge in [-0.1, -0.05) is 83.8 Å². The minimum Gasteiger partial charge on any atom is -0.497 e. The third kappa shape index (κ3) is 5.82. The fourth-order valence-corrected chi connectivity index (χ4v) is 6.50.